The van der Waals surface area contributed by atoms with E-state index >= 15 is 0 Å². The van der Waals surface area contributed by atoms with E-state index in [-0.39, 0.29) is 0 Å². The Balaban J connectivity index is 1.64. The Kier molecular flexibility index (Phi) is 3.13. The van der Waals surface area contributed by atoms with Gasteiger partial charge in [-0.15, -0.1) is 0 Å². The lowest BCUT2D eigenvalue weighted by Gasteiger charge is -2.54. The lowest BCUT2D eigenvalue weighted by atomic mass is 9.51. The standard InChI is InChI=1S/C17H26N2O/c1-10-19-17(15(20-10)3-2-4-18)16-13-6-11-5-12(8-13)9-14(16)7-11/h11-14,16H,2-9,18H2,1H3. The zero-order valence-corrected chi connectivity index (χ0v) is 12.5. The van der Waals surface area contributed by atoms with Crippen molar-refractivity contribution in [3.63, 3.8) is 0 Å². The molecule has 3 nitrogen and oxygen atoms in total. The molecule has 4 bridgehead atoms. The molecule has 20 heavy (non-hydrogen) atoms. The third kappa shape index (κ3) is 2.02. The molecule has 4 fully saturated rings. The molecule has 0 atom stereocenters. The summed E-state index contributed by atoms with van der Waals surface area (Å²) in [5.41, 5.74) is 6.98. The number of rotatable bonds is 4. The molecule has 1 aromatic rings. The number of nitrogens with zero attached hydrogens (tertiary/aromatic N) is 1. The third-order valence-corrected chi connectivity index (χ3v) is 5.98. The molecule has 0 amide bonds. The third-order valence-electron chi connectivity index (χ3n) is 5.98. The van der Waals surface area contributed by atoms with Crippen molar-refractivity contribution in [2.24, 2.45) is 29.4 Å². The van der Waals surface area contributed by atoms with E-state index in [1.807, 2.05) is 6.92 Å². The van der Waals surface area contributed by atoms with Gasteiger partial charge in [0, 0.05) is 19.3 Å². The van der Waals surface area contributed by atoms with Gasteiger partial charge in [-0.05, 0) is 68.7 Å². The minimum absolute atomic E-state index is 0.688. The van der Waals surface area contributed by atoms with Crippen molar-refractivity contribution in [3.8, 4) is 0 Å². The summed E-state index contributed by atoms with van der Waals surface area (Å²) in [5.74, 6) is 6.49. The molecule has 0 unspecified atom stereocenters. The van der Waals surface area contributed by atoms with Gasteiger partial charge in [-0.2, -0.15) is 0 Å². The van der Waals surface area contributed by atoms with Gasteiger partial charge in [0.25, 0.3) is 0 Å². The van der Waals surface area contributed by atoms with Crippen LogP contribution in [0.2, 0.25) is 0 Å². The second-order valence-corrected chi connectivity index (χ2v) is 7.39. The minimum atomic E-state index is 0.688. The highest BCUT2D eigenvalue weighted by Crippen LogP contribution is 2.59. The highest BCUT2D eigenvalue weighted by Gasteiger charge is 2.50. The van der Waals surface area contributed by atoms with Crippen LogP contribution in [-0.4, -0.2) is 11.5 Å². The van der Waals surface area contributed by atoms with Gasteiger partial charge in [0.15, 0.2) is 5.89 Å². The Hall–Kier alpha value is -0.830. The molecule has 4 aliphatic rings. The van der Waals surface area contributed by atoms with Crippen molar-refractivity contribution < 1.29 is 4.42 Å². The first-order chi connectivity index (χ1) is 9.74. The predicted molar refractivity (Wildman–Crippen MR) is 78.4 cm³/mol. The van der Waals surface area contributed by atoms with Crippen LogP contribution in [0.3, 0.4) is 0 Å². The van der Waals surface area contributed by atoms with Crippen molar-refractivity contribution in [3.05, 3.63) is 17.3 Å². The summed E-state index contributed by atoms with van der Waals surface area (Å²) in [6.07, 6.45) is 9.27. The number of nitrogens with two attached hydrogens (primary N) is 1. The van der Waals surface area contributed by atoms with Crippen LogP contribution in [-0.2, 0) is 6.42 Å². The Morgan fingerprint density at radius 2 is 1.75 bits per heavy atom. The minimum Gasteiger partial charge on any atom is -0.446 e. The molecule has 0 aromatic carbocycles. The van der Waals surface area contributed by atoms with Crippen LogP contribution in [0.15, 0.2) is 4.42 Å². The van der Waals surface area contributed by atoms with Gasteiger partial charge < -0.3 is 10.2 Å². The van der Waals surface area contributed by atoms with Gasteiger partial charge in [-0.25, -0.2) is 4.98 Å². The molecule has 4 aliphatic carbocycles. The quantitative estimate of drug-likeness (QED) is 0.915. The van der Waals surface area contributed by atoms with E-state index in [1.54, 1.807) is 0 Å². The molecule has 0 saturated heterocycles. The Morgan fingerprint density at radius 1 is 1.10 bits per heavy atom. The molecule has 4 saturated carbocycles. The van der Waals surface area contributed by atoms with E-state index in [4.69, 9.17) is 15.1 Å². The van der Waals surface area contributed by atoms with Crippen LogP contribution in [0.4, 0.5) is 0 Å². The average Bonchev–Trinajstić information content (AvgIpc) is 2.76. The van der Waals surface area contributed by atoms with Crippen LogP contribution in [0, 0.1) is 30.6 Å². The fourth-order valence-electron chi connectivity index (χ4n) is 5.56. The molecule has 3 heteroatoms. The van der Waals surface area contributed by atoms with Crippen LogP contribution >= 0.6 is 0 Å². The molecular formula is C17H26N2O. The smallest absolute Gasteiger partial charge is 0.191 e. The molecule has 0 spiro atoms. The topological polar surface area (TPSA) is 52.0 Å². The van der Waals surface area contributed by atoms with Crippen LogP contribution < -0.4 is 5.73 Å². The number of oxazole rings is 1. The van der Waals surface area contributed by atoms with Gasteiger partial charge in [0.1, 0.15) is 5.76 Å². The fraction of sp³-hybridized carbons (Fsp3) is 0.824. The predicted octanol–water partition coefficient (Wildman–Crippen LogP) is 3.41. The molecule has 0 aliphatic heterocycles. The van der Waals surface area contributed by atoms with E-state index < -0.39 is 0 Å². The zero-order chi connectivity index (χ0) is 13.7. The van der Waals surface area contributed by atoms with Gasteiger partial charge >= 0.3 is 0 Å². The summed E-state index contributed by atoms with van der Waals surface area (Å²) in [6.45, 7) is 2.73. The maximum atomic E-state index is 5.91. The van der Waals surface area contributed by atoms with E-state index in [0.717, 1.165) is 54.7 Å². The van der Waals surface area contributed by atoms with E-state index in [9.17, 15) is 0 Å². The Bertz CT molecular complexity index is 465. The molecular weight excluding hydrogens is 248 g/mol. The Morgan fingerprint density at radius 3 is 2.35 bits per heavy atom. The van der Waals surface area contributed by atoms with E-state index in [0.29, 0.717) is 5.92 Å². The second kappa shape index (κ2) is 4.87. The lowest BCUT2D eigenvalue weighted by molar-refractivity contribution is -0.00456. The molecule has 1 heterocycles. The van der Waals surface area contributed by atoms with E-state index in [1.165, 1.54) is 37.8 Å². The number of aryl methyl sites for hydroxylation is 2. The lowest BCUT2D eigenvalue weighted by Crippen LogP contribution is -2.44. The summed E-state index contributed by atoms with van der Waals surface area (Å²) < 4.78 is 5.91. The fourth-order valence-corrected chi connectivity index (χ4v) is 5.56. The summed E-state index contributed by atoms with van der Waals surface area (Å²) in [6, 6.07) is 0. The second-order valence-electron chi connectivity index (χ2n) is 7.39. The monoisotopic (exact) mass is 274 g/mol. The first kappa shape index (κ1) is 12.9. The summed E-state index contributed by atoms with van der Waals surface area (Å²) in [5, 5.41) is 0. The molecule has 110 valence electrons. The zero-order valence-electron chi connectivity index (χ0n) is 12.5. The normalized spacial score (nSPS) is 38.6. The first-order valence-corrected chi connectivity index (χ1v) is 8.41. The molecule has 1 aromatic heterocycles. The first-order valence-electron chi connectivity index (χ1n) is 8.41. The van der Waals surface area contributed by atoms with Gasteiger partial charge in [0.05, 0.1) is 5.69 Å². The van der Waals surface area contributed by atoms with Crippen molar-refractivity contribution >= 4 is 0 Å². The molecule has 0 radical (unpaired) electrons. The van der Waals surface area contributed by atoms with Gasteiger partial charge in [-0.1, -0.05) is 0 Å². The molecule has 2 N–H and O–H groups in total. The van der Waals surface area contributed by atoms with Crippen molar-refractivity contribution in [1.82, 2.24) is 4.98 Å². The summed E-state index contributed by atoms with van der Waals surface area (Å²) in [4.78, 5) is 4.80. The Labute approximate surface area is 121 Å². The van der Waals surface area contributed by atoms with E-state index in [2.05, 4.69) is 0 Å². The largest absolute Gasteiger partial charge is 0.446 e. The maximum Gasteiger partial charge on any atom is 0.191 e. The van der Waals surface area contributed by atoms with Crippen LogP contribution in [0.5, 0.6) is 0 Å². The van der Waals surface area contributed by atoms with Gasteiger partial charge in [0.2, 0.25) is 0 Å². The number of hydrogen-bond donors (Lipinski definition) is 1. The number of aromatic nitrogens is 1. The van der Waals surface area contributed by atoms with Crippen molar-refractivity contribution in [1.29, 1.82) is 0 Å². The summed E-state index contributed by atoms with van der Waals surface area (Å²) >= 11 is 0. The molecule has 5 rings (SSSR count). The van der Waals surface area contributed by atoms with Crippen LogP contribution in [0.1, 0.15) is 61.8 Å². The van der Waals surface area contributed by atoms with Gasteiger partial charge in [-0.3, -0.25) is 0 Å². The van der Waals surface area contributed by atoms with Crippen molar-refractivity contribution in [2.45, 2.75) is 57.8 Å². The number of hydrogen-bond acceptors (Lipinski definition) is 3. The van der Waals surface area contributed by atoms with Crippen LogP contribution in [0.25, 0.3) is 0 Å². The maximum absolute atomic E-state index is 5.91. The SMILES string of the molecule is Cc1nc(C2C3CC4CC(C3)CC2C4)c(CCCN)o1. The van der Waals surface area contributed by atoms with Crippen molar-refractivity contribution in [2.75, 3.05) is 6.54 Å². The highest BCUT2D eigenvalue weighted by molar-refractivity contribution is 5.21. The highest BCUT2D eigenvalue weighted by atomic mass is 16.4. The average molecular weight is 274 g/mol. The summed E-state index contributed by atoms with van der Waals surface area (Å²) in [7, 11) is 0.